The van der Waals surface area contributed by atoms with Crippen molar-refractivity contribution in [2.75, 3.05) is 29.4 Å². The Labute approximate surface area is 207 Å². The molecule has 0 radical (unpaired) electrons. The molecule has 2 aromatic carbocycles. The largest absolute Gasteiger partial charge is 0.416 e. The third-order valence-corrected chi connectivity index (χ3v) is 6.96. The summed E-state index contributed by atoms with van der Waals surface area (Å²) in [6.45, 7) is 1.89. The van der Waals surface area contributed by atoms with E-state index in [9.17, 15) is 23.2 Å². The molecule has 2 aliphatic rings. The minimum atomic E-state index is -4.45. The molecular formula is C27H24F3N5O. The van der Waals surface area contributed by atoms with E-state index in [1.54, 1.807) is 30.6 Å². The molecule has 184 valence electrons. The van der Waals surface area contributed by atoms with Gasteiger partial charge in [-0.25, -0.2) is 0 Å². The summed E-state index contributed by atoms with van der Waals surface area (Å²) in [6, 6.07) is 16.7. The fraction of sp³-hybridized carbons (Fsp3) is 0.296. The Morgan fingerprint density at radius 1 is 1.08 bits per heavy atom. The Morgan fingerprint density at radius 2 is 1.86 bits per heavy atom. The summed E-state index contributed by atoms with van der Waals surface area (Å²) < 4.78 is 40.3. The number of rotatable bonds is 4. The van der Waals surface area contributed by atoms with Gasteiger partial charge in [-0.1, -0.05) is 12.1 Å². The van der Waals surface area contributed by atoms with Crippen LogP contribution in [0.15, 0.2) is 67.0 Å². The molecule has 6 nitrogen and oxygen atoms in total. The van der Waals surface area contributed by atoms with Crippen LogP contribution >= 0.6 is 0 Å². The summed E-state index contributed by atoms with van der Waals surface area (Å²) in [5.41, 5.74) is 2.79. The minimum Gasteiger partial charge on any atom is -0.367 e. The lowest BCUT2D eigenvalue weighted by Crippen LogP contribution is -2.61. The first-order chi connectivity index (χ1) is 17.3. The van der Waals surface area contributed by atoms with Crippen molar-refractivity contribution in [3.8, 4) is 6.07 Å². The Kier molecular flexibility index (Phi) is 6.27. The molecule has 0 saturated carbocycles. The minimum absolute atomic E-state index is 0.205. The molecule has 3 aromatic rings. The first-order valence-corrected chi connectivity index (χ1v) is 11.7. The fourth-order valence-electron chi connectivity index (χ4n) is 5.18. The number of hydrogen-bond donors (Lipinski definition) is 1. The molecule has 1 aromatic heterocycles. The Hall–Kier alpha value is -4.06. The van der Waals surface area contributed by atoms with Crippen LogP contribution in [0.25, 0.3) is 0 Å². The van der Waals surface area contributed by atoms with Gasteiger partial charge in [0.25, 0.3) is 0 Å². The van der Waals surface area contributed by atoms with Gasteiger partial charge in [0, 0.05) is 44.3 Å². The number of amides is 1. The number of nitrogens with one attached hydrogen (secondary N) is 1. The van der Waals surface area contributed by atoms with Crippen LogP contribution in [0.3, 0.4) is 0 Å². The second-order valence-electron chi connectivity index (χ2n) is 9.06. The number of aromatic nitrogens is 1. The van der Waals surface area contributed by atoms with Crippen LogP contribution < -0.4 is 15.1 Å². The normalized spacial score (nSPS) is 19.2. The van der Waals surface area contributed by atoms with Crippen LogP contribution in [0.4, 0.5) is 24.5 Å². The number of pyridine rings is 1. The smallest absolute Gasteiger partial charge is 0.367 e. The number of nitrogens with zero attached hydrogens (tertiary/aromatic N) is 4. The highest BCUT2D eigenvalue weighted by atomic mass is 19.4. The topological polar surface area (TPSA) is 72.3 Å². The third-order valence-electron chi connectivity index (χ3n) is 6.96. The first kappa shape index (κ1) is 23.7. The van der Waals surface area contributed by atoms with Gasteiger partial charge in [-0.3, -0.25) is 9.78 Å². The molecule has 1 saturated heterocycles. The average molecular weight is 492 g/mol. The maximum atomic E-state index is 13.4. The van der Waals surface area contributed by atoms with E-state index in [0.29, 0.717) is 37.3 Å². The van der Waals surface area contributed by atoms with Gasteiger partial charge in [-0.15, -0.1) is 0 Å². The molecular weight excluding hydrogens is 467 g/mol. The van der Waals surface area contributed by atoms with Gasteiger partial charge in [0.05, 0.1) is 28.8 Å². The van der Waals surface area contributed by atoms with Crippen LogP contribution in [0.1, 0.15) is 22.3 Å². The van der Waals surface area contributed by atoms with E-state index < -0.39 is 17.7 Å². The van der Waals surface area contributed by atoms with Gasteiger partial charge in [-0.05, 0) is 60.0 Å². The molecule has 0 aliphatic carbocycles. The van der Waals surface area contributed by atoms with E-state index in [1.807, 2.05) is 18.2 Å². The quantitative estimate of drug-likeness (QED) is 0.594. The zero-order valence-corrected chi connectivity index (χ0v) is 19.4. The molecule has 0 unspecified atom stereocenters. The highest BCUT2D eigenvalue weighted by Gasteiger charge is 2.43. The summed E-state index contributed by atoms with van der Waals surface area (Å²) in [5.74, 6) is -0.764. The predicted octanol–water partition coefficient (Wildman–Crippen LogP) is 4.16. The highest BCUT2D eigenvalue weighted by Crippen LogP contribution is 2.40. The van der Waals surface area contributed by atoms with Crippen LogP contribution in [0.5, 0.6) is 0 Å². The number of para-hydroxylation sites is 1. The molecule has 1 N–H and O–H groups in total. The van der Waals surface area contributed by atoms with Crippen molar-refractivity contribution >= 4 is 17.3 Å². The molecule has 36 heavy (non-hydrogen) atoms. The molecule has 1 fully saturated rings. The number of alkyl halides is 3. The first-order valence-electron chi connectivity index (χ1n) is 11.7. The Balaban J connectivity index is 1.46. The van der Waals surface area contributed by atoms with Gasteiger partial charge in [0.1, 0.15) is 6.07 Å². The zero-order valence-electron chi connectivity index (χ0n) is 19.4. The number of halogens is 3. The standard InChI is InChI=1S/C27H24F3N5O/c28-27(29,30)21-5-6-24-20(13-21)14-22(26(36)33-16-18-7-9-32-10-8-18)25-17-34(11-12-35(24)25)23-4-2-1-3-19(23)15-31/h1-10,13,22,25H,11-12,14,16-17H2,(H,33,36)/t22-,25+/m1/s1. The second kappa shape index (κ2) is 9.53. The van der Waals surface area contributed by atoms with Crippen LogP contribution in [-0.2, 0) is 23.9 Å². The third kappa shape index (κ3) is 4.59. The molecule has 3 heterocycles. The lowest BCUT2D eigenvalue weighted by Gasteiger charge is -2.49. The van der Waals surface area contributed by atoms with Crippen molar-refractivity contribution in [3.05, 3.63) is 89.2 Å². The summed E-state index contributed by atoms with van der Waals surface area (Å²) in [6.07, 6.45) is -0.962. The monoisotopic (exact) mass is 491 g/mol. The fourth-order valence-corrected chi connectivity index (χ4v) is 5.18. The number of hydrogen-bond acceptors (Lipinski definition) is 5. The van der Waals surface area contributed by atoms with Crippen molar-refractivity contribution in [2.24, 2.45) is 5.92 Å². The number of benzene rings is 2. The van der Waals surface area contributed by atoms with Crippen molar-refractivity contribution in [1.29, 1.82) is 5.26 Å². The van der Waals surface area contributed by atoms with Gasteiger partial charge >= 0.3 is 6.18 Å². The molecule has 1 amide bonds. The maximum Gasteiger partial charge on any atom is 0.416 e. The summed E-state index contributed by atoms with van der Waals surface area (Å²) in [4.78, 5) is 21.6. The number of piperazine rings is 1. The molecule has 5 rings (SSSR count). The number of fused-ring (bicyclic) bond motifs is 3. The lowest BCUT2D eigenvalue weighted by atomic mass is 9.82. The van der Waals surface area contributed by atoms with Gasteiger partial charge < -0.3 is 15.1 Å². The Morgan fingerprint density at radius 3 is 2.61 bits per heavy atom. The molecule has 2 aliphatic heterocycles. The number of carbonyl (C=O) groups excluding carboxylic acids is 1. The molecule has 0 spiro atoms. The van der Waals surface area contributed by atoms with Crippen molar-refractivity contribution < 1.29 is 18.0 Å². The van der Waals surface area contributed by atoms with Gasteiger partial charge in [0.15, 0.2) is 0 Å². The number of carbonyl (C=O) groups is 1. The summed E-state index contributed by atoms with van der Waals surface area (Å²) >= 11 is 0. The number of nitriles is 1. The number of anilines is 2. The van der Waals surface area contributed by atoms with Crippen LogP contribution in [0, 0.1) is 17.2 Å². The summed E-state index contributed by atoms with van der Waals surface area (Å²) in [5, 5.41) is 12.5. The van der Waals surface area contributed by atoms with Gasteiger partial charge in [0.2, 0.25) is 5.91 Å². The Bertz CT molecular complexity index is 1300. The van der Waals surface area contributed by atoms with Crippen molar-refractivity contribution in [3.63, 3.8) is 0 Å². The second-order valence-corrected chi connectivity index (χ2v) is 9.06. The van der Waals surface area contributed by atoms with E-state index in [1.165, 1.54) is 12.1 Å². The average Bonchev–Trinajstić information content (AvgIpc) is 2.90. The van der Waals surface area contributed by atoms with Crippen LogP contribution in [0.2, 0.25) is 0 Å². The summed E-state index contributed by atoms with van der Waals surface area (Å²) in [7, 11) is 0. The molecule has 9 heteroatoms. The molecule has 0 bridgehead atoms. The van der Waals surface area contributed by atoms with Crippen molar-refractivity contribution in [1.82, 2.24) is 10.3 Å². The van der Waals surface area contributed by atoms with E-state index in [2.05, 4.69) is 26.2 Å². The lowest BCUT2D eigenvalue weighted by molar-refractivity contribution is -0.137. The van der Waals surface area contributed by atoms with E-state index >= 15 is 0 Å². The van der Waals surface area contributed by atoms with Crippen molar-refractivity contribution in [2.45, 2.75) is 25.2 Å². The van der Waals surface area contributed by atoms with E-state index in [4.69, 9.17) is 0 Å². The van der Waals surface area contributed by atoms with E-state index in [-0.39, 0.29) is 18.4 Å². The SMILES string of the molecule is N#Cc1ccccc1N1CCN2c3ccc(C(F)(F)F)cc3C[C@@H](C(=O)NCc3ccncc3)[C@@H]2C1. The zero-order chi connectivity index (χ0) is 25.3. The van der Waals surface area contributed by atoms with Crippen LogP contribution in [-0.4, -0.2) is 36.6 Å². The maximum absolute atomic E-state index is 13.4. The highest BCUT2D eigenvalue weighted by molar-refractivity contribution is 5.82. The molecule has 2 atom stereocenters. The van der Waals surface area contributed by atoms with Gasteiger partial charge in [-0.2, -0.15) is 18.4 Å². The van der Waals surface area contributed by atoms with E-state index in [0.717, 1.165) is 23.0 Å². The predicted molar refractivity (Wildman–Crippen MR) is 129 cm³/mol.